The lowest BCUT2D eigenvalue weighted by atomic mass is 9.74. The molecule has 2 aromatic carbocycles. The van der Waals surface area contributed by atoms with Crippen LogP contribution in [0.2, 0.25) is 0 Å². The van der Waals surface area contributed by atoms with Crippen molar-refractivity contribution in [3.63, 3.8) is 0 Å². The maximum Gasteiger partial charge on any atom is 0.296 e. The maximum absolute atomic E-state index is 12.9. The molecule has 2 fully saturated rings. The van der Waals surface area contributed by atoms with E-state index in [-0.39, 0.29) is 5.78 Å². The van der Waals surface area contributed by atoms with Crippen LogP contribution in [-0.2, 0) is 14.4 Å². The van der Waals surface area contributed by atoms with Crippen LogP contribution in [0.4, 0.5) is 5.69 Å². The first-order valence-electron chi connectivity index (χ1n) is 8.17. The Morgan fingerprint density at radius 3 is 2.08 bits per heavy atom. The van der Waals surface area contributed by atoms with Crippen LogP contribution in [0.25, 0.3) is 0 Å². The summed E-state index contributed by atoms with van der Waals surface area (Å²) in [5.74, 6) is -1.24. The molecule has 1 heterocycles. The molecule has 1 spiro atoms. The van der Waals surface area contributed by atoms with Crippen LogP contribution in [-0.4, -0.2) is 17.5 Å². The van der Waals surface area contributed by atoms with Crippen LogP contribution in [0, 0.1) is 5.41 Å². The Bertz CT molecular complexity index is 815. The number of carbonyl (C=O) groups excluding carboxylic acids is 3. The Balaban J connectivity index is 1.94. The highest BCUT2D eigenvalue weighted by molar-refractivity contribution is 6.50. The van der Waals surface area contributed by atoms with Gasteiger partial charge in [-0.25, -0.2) is 0 Å². The zero-order valence-corrected chi connectivity index (χ0v) is 13.1. The van der Waals surface area contributed by atoms with Gasteiger partial charge in [-0.3, -0.25) is 19.3 Å². The summed E-state index contributed by atoms with van der Waals surface area (Å²) >= 11 is 0. The van der Waals surface area contributed by atoms with E-state index in [1.807, 2.05) is 48.5 Å². The fourth-order valence-electron chi connectivity index (χ4n) is 4.11. The van der Waals surface area contributed by atoms with E-state index in [1.165, 1.54) is 4.90 Å². The molecule has 1 saturated heterocycles. The van der Waals surface area contributed by atoms with Crippen molar-refractivity contribution < 1.29 is 14.4 Å². The van der Waals surface area contributed by atoms with Crippen LogP contribution in [0.1, 0.15) is 30.9 Å². The summed E-state index contributed by atoms with van der Waals surface area (Å²) in [6.07, 6.45) is 1.47. The van der Waals surface area contributed by atoms with Gasteiger partial charge in [0.1, 0.15) is 11.2 Å². The molecule has 1 amide bonds. The summed E-state index contributed by atoms with van der Waals surface area (Å²) in [5, 5.41) is 0. The molecule has 1 aliphatic heterocycles. The number of benzene rings is 2. The van der Waals surface area contributed by atoms with Crippen molar-refractivity contribution in [2.75, 3.05) is 4.90 Å². The molecular formula is C20H17NO3. The zero-order valence-electron chi connectivity index (χ0n) is 13.1. The molecule has 0 N–H and O–H groups in total. The molecule has 24 heavy (non-hydrogen) atoms. The lowest BCUT2D eigenvalue weighted by molar-refractivity contribution is -0.143. The van der Waals surface area contributed by atoms with E-state index in [2.05, 4.69) is 0 Å². The highest BCUT2D eigenvalue weighted by Gasteiger charge is 2.65. The van der Waals surface area contributed by atoms with Crippen molar-refractivity contribution >= 4 is 23.2 Å². The molecular weight excluding hydrogens is 302 g/mol. The molecule has 4 heteroatoms. The van der Waals surface area contributed by atoms with Crippen LogP contribution in [0.15, 0.2) is 60.7 Å². The number of hydrogen-bond acceptors (Lipinski definition) is 3. The number of Topliss-reactive ketones (excluding diaryl/α,β-unsaturated/α-hetero) is 2. The van der Waals surface area contributed by atoms with E-state index in [0.29, 0.717) is 24.9 Å². The lowest BCUT2D eigenvalue weighted by Crippen LogP contribution is -2.38. The number of amides is 1. The highest BCUT2D eigenvalue weighted by Crippen LogP contribution is 2.54. The third kappa shape index (κ3) is 1.89. The average molecular weight is 319 g/mol. The number of anilines is 1. The highest BCUT2D eigenvalue weighted by atomic mass is 16.2. The standard InChI is InChI=1S/C20H17NO3/c22-16-12-7-13-20(16)17(14-8-3-1-4-9-14)21(19(24)18(20)23)15-10-5-2-6-11-15/h1-6,8-11,17H,7,12-13H2/t17-,20?/m0/s1. The van der Waals surface area contributed by atoms with Crippen molar-refractivity contribution in [1.82, 2.24) is 0 Å². The number of ketones is 2. The van der Waals surface area contributed by atoms with Gasteiger partial charge in [0, 0.05) is 12.1 Å². The summed E-state index contributed by atoms with van der Waals surface area (Å²) in [5.41, 5.74) is 0.256. The molecule has 120 valence electrons. The third-order valence-electron chi connectivity index (χ3n) is 5.17. The maximum atomic E-state index is 12.9. The molecule has 1 saturated carbocycles. The minimum absolute atomic E-state index is 0.104. The van der Waals surface area contributed by atoms with Gasteiger partial charge in [0.05, 0.1) is 6.04 Å². The smallest absolute Gasteiger partial charge is 0.296 e. The van der Waals surface area contributed by atoms with Crippen molar-refractivity contribution in [2.45, 2.75) is 25.3 Å². The predicted octanol–water partition coefficient (Wildman–Crippen LogP) is 3.08. The second-order valence-electron chi connectivity index (χ2n) is 6.40. The number of nitrogens with zero attached hydrogens (tertiary/aromatic N) is 1. The quantitative estimate of drug-likeness (QED) is 0.631. The summed E-state index contributed by atoms with van der Waals surface area (Å²) in [7, 11) is 0. The van der Waals surface area contributed by atoms with Crippen LogP contribution >= 0.6 is 0 Å². The van der Waals surface area contributed by atoms with Gasteiger partial charge in [-0.15, -0.1) is 0 Å². The molecule has 0 aromatic heterocycles. The van der Waals surface area contributed by atoms with Gasteiger partial charge in [0.25, 0.3) is 5.91 Å². The van der Waals surface area contributed by atoms with Gasteiger partial charge in [-0.2, -0.15) is 0 Å². The zero-order chi connectivity index (χ0) is 16.7. The van der Waals surface area contributed by atoms with Gasteiger partial charge >= 0.3 is 0 Å². The molecule has 4 nitrogen and oxygen atoms in total. The van der Waals surface area contributed by atoms with Gasteiger partial charge < -0.3 is 0 Å². The van der Waals surface area contributed by atoms with Crippen LogP contribution in [0.5, 0.6) is 0 Å². The molecule has 4 rings (SSSR count). The molecule has 0 radical (unpaired) electrons. The number of para-hydroxylation sites is 1. The fraction of sp³-hybridized carbons (Fsp3) is 0.250. The van der Waals surface area contributed by atoms with Crippen LogP contribution < -0.4 is 4.90 Å². The molecule has 1 aliphatic carbocycles. The first-order valence-corrected chi connectivity index (χ1v) is 8.17. The Morgan fingerprint density at radius 1 is 0.875 bits per heavy atom. The minimum atomic E-state index is -1.23. The topological polar surface area (TPSA) is 54.5 Å². The van der Waals surface area contributed by atoms with Gasteiger partial charge in [-0.05, 0) is 30.5 Å². The molecule has 2 aliphatic rings. The monoisotopic (exact) mass is 319 g/mol. The summed E-state index contributed by atoms with van der Waals surface area (Å²) in [6, 6.07) is 18.0. The van der Waals surface area contributed by atoms with E-state index >= 15 is 0 Å². The van der Waals surface area contributed by atoms with E-state index in [4.69, 9.17) is 0 Å². The molecule has 0 bridgehead atoms. The van der Waals surface area contributed by atoms with Crippen molar-refractivity contribution in [2.24, 2.45) is 5.41 Å². The normalized spacial score (nSPS) is 26.6. The first-order chi connectivity index (χ1) is 11.7. The van der Waals surface area contributed by atoms with Crippen molar-refractivity contribution in [3.05, 3.63) is 66.2 Å². The Morgan fingerprint density at radius 2 is 1.50 bits per heavy atom. The Hall–Kier alpha value is -2.75. The van der Waals surface area contributed by atoms with Gasteiger partial charge in [0.2, 0.25) is 5.78 Å². The number of rotatable bonds is 2. The molecule has 1 unspecified atom stereocenters. The molecule has 2 atom stereocenters. The van der Waals surface area contributed by atoms with E-state index in [1.54, 1.807) is 12.1 Å². The van der Waals surface area contributed by atoms with Crippen molar-refractivity contribution in [1.29, 1.82) is 0 Å². The van der Waals surface area contributed by atoms with Gasteiger partial charge in [0.15, 0.2) is 0 Å². The largest absolute Gasteiger partial charge is 0.298 e. The summed E-state index contributed by atoms with van der Waals surface area (Å²) in [6.45, 7) is 0. The average Bonchev–Trinajstić information content (AvgIpc) is 3.11. The SMILES string of the molecule is O=C1C(=O)C2(CCCC2=O)[C@H](c2ccccc2)N1c1ccccc1. The van der Waals surface area contributed by atoms with Crippen LogP contribution in [0.3, 0.4) is 0 Å². The lowest BCUT2D eigenvalue weighted by Gasteiger charge is -2.32. The second-order valence-corrected chi connectivity index (χ2v) is 6.40. The Labute approximate surface area is 140 Å². The molecule has 2 aromatic rings. The summed E-state index contributed by atoms with van der Waals surface area (Å²) in [4.78, 5) is 39.9. The van der Waals surface area contributed by atoms with Gasteiger partial charge in [-0.1, -0.05) is 48.5 Å². The number of hydrogen-bond donors (Lipinski definition) is 0. The predicted molar refractivity (Wildman–Crippen MR) is 89.4 cm³/mol. The Kier molecular flexibility index (Phi) is 3.34. The van der Waals surface area contributed by atoms with E-state index in [9.17, 15) is 14.4 Å². The fourth-order valence-corrected chi connectivity index (χ4v) is 4.11. The first kappa shape index (κ1) is 14.8. The summed E-state index contributed by atoms with van der Waals surface area (Å²) < 4.78 is 0. The van der Waals surface area contributed by atoms with Crippen molar-refractivity contribution in [3.8, 4) is 0 Å². The van der Waals surface area contributed by atoms with E-state index < -0.39 is 23.1 Å². The minimum Gasteiger partial charge on any atom is -0.298 e. The second kappa shape index (κ2) is 5.41. The third-order valence-corrected chi connectivity index (χ3v) is 5.17. The number of carbonyl (C=O) groups is 3. The van der Waals surface area contributed by atoms with E-state index in [0.717, 1.165) is 5.56 Å².